The summed E-state index contributed by atoms with van der Waals surface area (Å²) < 4.78 is 15.6. The highest BCUT2D eigenvalue weighted by Gasteiger charge is 2.51. The Morgan fingerprint density at radius 2 is 2.00 bits per heavy atom. The van der Waals surface area contributed by atoms with Crippen LogP contribution in [0, 0.1) is 10.1 Å². The van der Waals surface area contributed by atoms with Crippen molar-refractivity contribution >= 4 is 11.8 Å². The lowest BCUT2D eigenvalue weighted by Crippen LogP contribution is -2.58. The monoisotopic (exact) mass is 311 g/mol. The molecule has 1 aliphatic heterocycles. The number of rotatable bonds is 4. The van der Waals surface area contributed by atoms with E-state index in [4.69, 9.17) is 14.2 Å². The quantitative estimate of drug-likeness (QED) is 0.661. The number of ether oxygens (including phenoxy) is 3. The predicted molar refractivity (Wildman–Crippen MR) is 74.9 cm³/mol. The SMILES string of the molecule is CC1(C)OCC(COC(=O)Nc2ccncc2)([N+](=O)[O-])CO1. The van der Waals surface area contributed by atoms with Crippen molar-refractivity contribution in [1.82, 2.24) is 4.98 Å². The molecule has 22 heavy (non-hydrogen) atoms. The topological polar surface area (TPSA) is 113 Å². The first-order valence-electron chi connectivity index (χ1n) is 6.59. The number of carbonyl (C=O) groups excluding carboxylic acids is 1. The van der Waals surface area contributed by atoms with E-state index in [9.17, 15) is 14.9 Å². The van der Waals surface area contributed by atoms with Gasteiger partial charge in [0.2, 0.25) is 0 Å². The van der Waals surface area contributed by atoms with Crippen molar-refractivity contribution in [2.24, 2.45) is 0 Å². The van der Waals surface area contributed by atoms with Crippen molar-refractivity contribution in [1.29, 1.82) is 0 Å². The van der Waals surface area contributed by atoms with E-state index in [-0.39, 0.29) is 13.2 Å². The van der Waals surface area contributed by atoms with Gasteiger partial charge in [0.25, 0.3) is 0 Å². The molecular formula is C13H17N3O6. The van der Waals surface area contributed by atoms with Crippen LogP contribution in [0.2, 0.25) is 0 Å². The Balaban J connectivity index is 1.92. The maximum absolute atomic E-state index is 11.7. The second-order valence-electron chi connectivity index (χ2n) is 5.40. The maximum atomic E-state index is 11.7. The summed E-state index contributed by atoms with van der Waals surface area (Å²) in [4.78, 5) is 26.2. The molecule has 2 rings (SSSR count). The summed E-state index contributed by atoms with van der Waals surface area (Å²) in [5, 5.41) is 13.7. The normalized spacial score (nSPS) is 19.2. The van der Waals surface area contributed by atoms with Crippen LogP contribution in [0.15, 0.2) is 24.5 Å². The number of hydrogen-bond donors (Lipinski definition) is 1. The van der Waals surface area contributed by atoms with Gasteiger partial charge in [0.1, 0.15) is 13.2 Å². The van der Waals surface area contributed by atoms with Gasteiger partial charge in [-0.15, -0.1) is 0 Å². The highest BCUT2D eigenvalue weighted by Crippen LogP contribution is 2.26. The Hall–Kier alpha value is -2.26. The van der Waals surface area contributed by atoms with Crippen LogP contribution >= 0.6 is 0 Å². The third-order valence-electron chi connectivity index (χ3n) is 3.16. The van der Waals surface area contributed by atoms with E-state index >= 15 is 0 Å². The molecule has 1 amide bonds. The van der Waals surface area contributed by atoms with Crippen molar-refractivity contribution < 1.29 is 23.9 Å². The van der Waals surface area contributed by atoms with Gasteiger partial charge in [-0.2, -0.15) is 0 Å². The minimum Gasteiger partial charge on any atom is -0.441 e. The molecule has 1 saturated heterocycles. The zero-order valence-corrected chi connectivity index (χ0v) is 12.3. The Bertz CT molecular complexity index is 538. The van der Waals surface area contributed by atoms with Crippen LogP contribution in [0.25, 0.3) is 0 Å². The molecule has 0 unspecified atom stereocenters. The van der Waals surface area contributed by atoms with Crippen LogP contribution in [0.5, 0.6) is 0 Å². The predicted octanol–water partition coefficient (Wildman–Crippen LogP) is 1.43. The van der Waals surface area contributed by atoms with Crippen LogP contribution in [-0.2, 0) is 14.2 Å². The number of nitrogens with zero attached hydrogens (tertiary/aromatic N) is 2. The minimum atomic E-state index is -1.61. The third-order valence-corrected chi connectivity index (χ3v) is 3.16. The Labute approximate surface area is 126 Å². The fourth-order valence-corrected chi connectivity index (χ4v) is 1.73. The number of pyridine rings is 1. The lowest BCUT2D eigenvalue weighted by atomic mass is 10.0. The van der Waals surface area contributed by atoms with Gasteiger partial charge in [0.15, 0.2) is 12.4 Å². The molecule has 120 valence electrons. The molecule has 0 atom stereocenters. The smallest absolute Gasteiger partial charge is 0.411 e. The van der Waals surface area contributed by atoms with Gasteiger partial charge < -0.3 is 14.2 Å². The van der Waals surface area contributed by atoms with Crippen LogP contribution in [0.3, 0.4) is 0 Å². The molecular weight excluding hydrogens is 294 g/mol. The zero-order valence-electron chi connectivity index (χ0n) is 12.3. The molecule has 1 N–H and O–H groups in total. The summed E-state index contributed by atoms with van der Waals surface area (Å²) in [6.45, 7) is 2.47. The van der Waals surface area contributed by atoms with E-state index in [0.717, 1.165) is 0 Å². The molecule has 1 aliphatic rings. The summed E-state index contributed by atoms with van der Waals surface area (Å²) in [6, 6.07) is 3.14. The van der Waals surface area contributed by atoms with Crippen molar-refractivity contribution in [2.45, 2.75) is 25.2 Å². The Morgan fingerprint density at radius 3 is 2.55 bits per heavy atom. The molecule has 0 saturated carbocycles. The van der Waals surface area contributed by atoms with Crippen molar-refractivity contribution in [3.8, 4) is 0 Å². The highest BCUT2D eigenvalue weighted by atomic mass is 16.7. The summed E-state index contributed by atoms with van der Waals surface area (Å²) in [7, 11) is 0. The van der Waals surface area contributed by atoms with Crippen molar-refractivity contribution in [3.05, 3.63) is 34.6 Å². The first-order chi connectivity index (χ1) is 10.3. The first-order valence-corrected chi connectivity index (χ1v) is 6.59. The standard InChI is InChI=1S/C13H17N3O6/c1-12(2)21-8-13(9-22-12,16(18)19)7-20-11(17)15-10-3-5-14-6-4-10/h3-6H,7-9H2,1-2H3,(H,14,15,17). The Kier molecular flexibility index (Phi) is 4.57. The van der Waals surface area contributed by atoms with Crippen LogP contribution in [0.4, 0.5) is 10.5 Å². The molecule has 0 bridgehead atoms. The first kappa shape index (κ1) is 16.1. The van der Waals surface area contributed by atoms with Gasteiger partial charge in [-0.1, -0.05) is 0 Å². The lowest BCUT2D eigenvalue weighted by Gasteiger charge is -2.37. The lowest BCUT2D eigenvalue weighted by molar-refractivity contribution is -0.598. The molecule has 0 aromatic carbocycles. The van der Waals surface area contributed by atoms with E-state index in [1.165, 1.54) is 12.4 Å². The molecule has 0 radical (unpaired) electrons. The third kappa shape index (κ3) is 3.89. The van der Waals surface area contributed by atoms with Crippen molar-refractivity contribution in [2.75, 3.05) is 25.1 Å². The maximum Gasteiger partial charge on any atom is 0.411 e. The summed E-state index contributed by atoms with van der Waals surface area (Å²) in [5.74, 6) is -0.890. The van der Waals surface area contributed by atoms with Gasteiger partial charge in [-0.25, -0.2) is 4.79 Å². The van der Waals surface area contributed by atoms with Crippen LogP contribution in [0.1, 0.15) is 13.8 Å². The molecule has 9 nitrogen and oxygen atoms in total. The number of hydrogen-bond acceptors (Lipinski definition) is 7. The number of aromatic nitrogens is 1. The molecule has 1 aromatic rings. The second kappa shape index (κ2) is 6.24. The summed E-state index contributed by atoms with van der Waals surface area (Å²) in [5.41, 5.74) is -1.13. The van der Waals surface area contributed by atoms with E-state index in [1.807, 2.05) is 0 Å². The molecule has 1 aromatic heterocycles. The van der Waals surface area contributed by atoms with Gasteiger partial charge >= 0.3 is 11.6 Å². The van der Waals surface area contributed by atoms with Gasteiger partial charge in [0.05, 0.1) is 0 Å². The molecule has 9 heteroatoms. The minimum absolute atomic E-state index is 0.199. The largest absolute Gasteiger partial charge is 0.441 e. The molecule has 0 aliphatic carbocycles. The van der Waals surface area contributed by atoms with Crippen LogP contribution < -0.4 is 5.32 Å². The van der Waals surface area contributed by atoms with Gasteiger partial charge in [-0.05, 0) is 26.0 Å². The number of nitrogens with one attached hydrogen (secondary N) is 1. The molecule has 2 heterocycles. The average molecular weight is 311 g/mol. The Morgan fingerprint density at radius 1 is 1.41 bits per heavy atom. The van der Waals surface area contributed by atoms with E-state index in [1.54, 1.807) is 26.0 Å². The van der Waals surface area contributed by atoms with Gasteiger partial charge in [0, 0.05) is 23.0 Å². The second-order valence-corrected chi connectivity index (χ2v) is 5.40. The molecule has 0 spiro atoms. The van der Waals surface area contributed by atoms with E-state index < -0.39 is 28.9 Å². The number of carbonyl (C=O) groups is 1. The van der Waals surface area contributed by atoms with Crippen molar-refractivity contribution in [3.63, 3.8) is 0 Å². The van der Waals surface area contributed by atoms with E-state index in [2.05, 4.69) is 10.3 Å². The summed E-state index contributed by atoms with van der Waals surface area (Å²) >= 11 is 0. The van der Waals surface area contributed by atoms with Gasteiger partial charge in [-0.3, -0.25) is 20.4 Å². The average Bonchev–Trinajstić information content (AvgIpc) is 2.47. The fourth-order valence-electron chi connectivity index (χ4n) is 1.73. The van der Waals surface area contributed by atoms with Crippen LogP contribution in [-0.4, -0.2) is 47.1 Å². The number of nitro groups is 1. The highest BCUT2D eigenvalue weighted by molar-refractivity contribution is 5.84. The number of anilines is 1. The fraction of sp³-hybridized carbons (Fsp3) is 0.538. The number of amides is 1. The zero-order chi connectivity index (χ0) is 16.2. The molecule has 1 fully saturated rings. The summed E-state index contributed by atoms with van der Waals surface area (Å²) in [6.07, 6.45) is 2.20. The van der Waals surface area contributed by atoms with E-state index in [0.29, 0.717) is 5.69 Å².